The Balaban J connectivity index is 2.50. The van der Waals surface area contributed by atoms with E-state index in [1.54, 1.807) is 24.3 Å². The number of nitrogens with two attached hydrogens (primary N) is 3. The molecule has 0 aromatic heterocycles. The van der Waals surface area contributed by atoms with Crippen LogP contribution in [-0.4, -0.2) is 35.5 Å². The van der Waals surface area contributed by atoms with E-state index >= 15 is 0 Å². The number of ether oxygens (including phenoxy) is 1. The van der Waals surface area contributed by atoms with Gasteiger partial charge in [0.05, 0.1) is 0 Å². The van der Waals surface area contributed by atoms with Gasteiger partial charge in [-0.05, 0) is 5.56 Å². The fraction of sp³-hybridized carbons (Fsp3) is 0.385. The fourth-order valence-electron chi connectivity index (χ4n) is 1.66. The highest BCUT2D eigenvalue weighted by Crippen LogP contribution is 2.06. The normalized spacial score (nSPS) is 13.0. The molecule has 2 atom stereocenters. The summed E-state index contributed by atoms with van der Waals surface area (Å²) >= 11 is 0. The summed E-state index contributed by atoms with van der Waals surface area (Å²) < 4.78 is 5.02. The van der Waals surface area contributed by atoms with Crippen LogP contribution >= 0.6 is 0 Å². The molecule has 0 heterocycles. The Bertz CT molecular complexity index is 530. The van der Waals surface area contributed by atoms with E-state index in [4.69, 9.17) is 21.9 Å². The molecular weight excluding hydrogens is 290 g/mol. The van der Waals surface area contributed by atoms with Crippen LogP contribution in [0.25, 0.3) is 0 Å². The summed E-state index contributed by atoms with van der Waals surface area (Å²) in [6, 6.07) is 6.76. The van der Waals surface area contributed by atoms with Gasteiger partial charge in [-0.15, -0.1) is 0 Å². The van der Waals surface area contributed by atoms with Crippen molar-refractivity contribution in [1.29, 1.82) is 0 Å². The van der Waals surface area contributed by atoms with Gasteiger partial charge in [-0.1, -0.05) is 30.3 Å². The minimum atomic E-state index is -1.15. The van der Waals surface area contributed by atoms with E-state index in [1.165, 1.54) is 0 Å². The average Bonchev–Trinajstić information content (AvgIpc) is 2.49. The van der Waals surface area contributed by atoms with Crippen LogP contribution in [0.1, 0.15) is 12.0 Å². The lowest BCUT2D eigenvalue weighted by Gasteiger charge is -2.13. The van der Waals surface area contributed by atoms with Crippen LogP contribution in [0.5, 0.6) is 0 Å². The number of rotatable bonds is 8. The quantitative estimate of drug-likeness (QED) is 0.189. The van der Waals surface area contributed by atoms with Crippen molar-refractivity contribution in [2.24, 2.45) is 22.2 Å². The van der Waals surface area contributed by atoms with Crippen molar-refractivity contribution < 1.29 is 14.5 Å². The van der Waals surface area contributed by atoms with Gasteiger partial charge in [-0.3, -0.25) is 14.9 Å². The maximum atomic E-state index is 11.8. The Morgan fingerprint density at radius 1 is 1.32 bits per heavy atom. The number of benzene rings is 1. The van der Waals surface area contributed by atoms with E-state index < -0.39 is 23.0 Å². The zero-order chi connectivity index (χ0) is 16.5. The summed E-state index contributed by atoms with van der Waals surface area (Å²) in [4.78, 5) is 25.7. The summed E-state index contributed by atoms with van der Waals surface area (Å²) in [6.07, 6.45) is -0.211. The molecule has 120 valence electrons. The van der Waals surface area contributed by atoms with Crippen LogP contribution in [0.2, 0.25) is 0 Å². The van der Waals surface area contributed by atoms with Crippen molar-refractivity contribution in [1.82, 2.24) is 0 Å². The van der Waals surface area contributed by atoms with Gasteiger partial charge >= 0.3 is 5.97 Å². The smallest absolute Gasteiger partial charge is 0.323 e. The maximum Gasteiger partial charge on any atom is 0.323 e. The van der Waals surface area contributed by atoms with Gasteiger partial charge in [0, 0.05) is 11.3 Å². The average molecular weight is 309 g/mol. The van der Waals surface area contributed by atoms with Crippen LogP contribution in [0.4, 0.5) is 0 Å². The van der Waals surface area contributed by atoms with Crippen molar-refractivity contribution in [2.45, 2.75) is 25.1 Å². The zero-order valence-electron chi connectivity index (χ0n) is 11.9. The largest absolute Gasteiger partial charge is 0.460 e. The van der Waals surface area contributed by atoms with Crippen molar-refractivity contribution >= 4 is 11.9 Å². The van der Waals surface area contributed by atoms with E-state index in [0.29, 0.717) is 0 Å². The number of nitrogens with zero attached hydrogens (tertiary/aromatic N) is 2. The summed E-state index contributed by atoms with van der Waals surface area (Å²) in [5.41, 5.74) is 16.7. The number of hydrogen-bond acceptors (Lipinski definition) is 6. The molecule has 0 aliphatic heterocycles. The molecule has 9 nitrogen and oxygen atoms in total. The van der Waals surface area contributed by atoms with Gasteiger partial charge in [0.15, 0.2) is 5.96 Å². The molecule has 0 saturated heterocycles. The molecule has 1 aromatic rings. The van der Waals surface area contributed by atoms with Crippen molar-refractivity contribution in [2.75, 3.05) is 6.54 Å². The van der Waals surface area contributed by atoms with Gasteiger partial charge in [0.1, 0.15) is 19.2 Å². The first-order chi connectivity index (χ1) is 10.4. The number of guanidine groups is 1. The minimum absolute atomic E-state index is 0.0599. The van der Waals surface area contributed by atoms with Crippen LogP contribution < -0.4 is 17.2 Å². The lowest BCUT2D eigenvalue weighted by molar-refractivity contribution is -0.520. The minimum Gasteiger partial charge on any atom is -0.460 e. The third kappa shape index (κ3) is 6.18. The van der Waals surface area contributed by atoms with Gasteiger partial charge in [0.25, 0.3) is 0 Å². The van der Waals surface area contributed by atoms with E-state index in [9.17, 15) is 14.9 Å². The number of nitro groups is 1. The number of esters is 1. The van der Waals surface area contributed by atoms with E-state index in [0.717, 1.165) is 5.56 Å². The van der Waals surface area contributed by atoms with E-state index in [1.807, 2.05) is 6.07 Å². The molecule has 0 aliphatic rings. The Hall–Kier alpha value is -2.68. The van der Waals surface area contributed by atoms with Gasteiger partial charge in [-0.2, -0.15) is 0 Å². The number of carbonyl (C=O) groups excluding carboxylic acids is 1. The maximum absolute atomic E-state index is 11.8. The SMILES string of the molecule is NC(N)=NCC(C[C@H](N)C(=O)OCc1ccccc1)[N+](=O)[O-]. The highest BCUT2D eigenvalue weighted by Gasteiger charge is 2.27. The first-order valence-corrected chi connectivity index (χ1v) is 6.55. The molecule has 0 amide bonds. The molecule has 1 unspecified atom stereocenters. The second-order valence-electron chi connectivity index (χ2n) is 4.64. The summed E-state index contributed by atoms with van der Waals surface area (Å²) in [5, 5.41) is 10.9. The monoisotopic (exact) mass is 309 g/mol. The number of aliphatic imine (C=N–C) groups is 1. The van der Waals surface area contributed by atoms with Crippen LogP contribution in [0, 0.1) is 10.1 Å². The van der Waals surface area contributed by atoms with Gasteiger partial charge < -0.3 is 21.9 Å². The Labute approximate surface area is 127 Å². The highest BCUT2D eigenvalue weighted by molar-refractivity contribution is 5.76. The number of hydrogen-bond donors (Lipinski definition) is 3. The molecule has 0 saturated carbocycles. The van der Waals surface area contributed by atoms with Crippen LogP contribution in [-0.2, 0) is 16.1 Å². The second kappa shape index (κ2) is 8.57. The fourth-order valence-corrected chi connectivity index (χ4v) is 1.66. The highest BCUT2D eigenvalue weighted by atomic mass is 16.6. The summed E-state index contributed by atoms with van der Waals surface area (Å²) in [6.45, 7) is -0.181. The van der Waals surface area contributed by atoms with Gasteiger partial charge in [-0.25, -0.2) is 4.99 Å². The first kappa shape index (κ1) is 17.4. The Kier molecular flexibility index (Phi) is 6.77. The van der Waals surface area contributed by atoms with Crippen molar-refractivity contribution in [3.8, 4) is 0 Å². The lowest BCUT2D eigenvalue weighted by Crippen LogP contribution is -2.39. The molecular formula is C13H19N5O4. The summed E-state index contributed by atoms with van der Waals surface area (Å²) in [5.74, 6) is -0.965. The number of carbonyl (C=O) groups is 1. The van der Waals surface area contributed by atoms with Crippen molar-refractivity contribution in [3.63, 3.8) is 0 Å². The topological polar surface area (TPSA) is 160 Å². The molecule has 0 bridgehead atoms. The molecule has 6 N–H and O–H groups in total. The summed E-state index contributed by atoms with van der Waals surface area (Å²) in [7, 11) is 0. The molecule has 1 rings (SSSR count). The van der Waals surface area contributed by atoms with Crippen LogP contribution in [0.3, 0.4) is 0 Å². The Morgan fingerprint density at radius 2 is 1.95 bits per heavy atom. The molecule has 0 aliphatic carbocycles. The molecule has 1 aromatic carbocycles. The first-order valence-electron chi connectivity index (χ1n) is 6.55. The third-order valence-corrected chi connectivity index (χ3v) is 2.84. The molecule has 9 heteroatoms. The van der Waals surface area contributed by atoms with Crippen LogP contribution in [0.15, 0.2) is 35.3 Å². The predicted molar refractivity (Wildman–Crippen MR) is 80.3 cm³/mol. The predicted octanol–water partition coefficient (Wildman–Crippen LogP) is -0.634. The lowest BCUT2D eigenvalue weighted by atomic mass is 10.1. The van der Waals surface area contributed by atoms with Crippen molar-refractivity contribution in [3.05, 3.63) is 46.0 Å². The second-order valence-corrected chi connectivity index (χ2v) is 4.64. The Morgan fingerprint density at radius 3 is 2.50 bits per heavy atom. The molecule has 22 heavy (non-hydrogen) atoms. The molecule has 0 radical (unpaired) electrons. The van der Waals surface area contributed by atoms with E-state index in [-0.39, 0.29) is 25.5 Å². The van der Waals surface area contributed by atoms with Gasteiger partial charge in [0.2, 0.25) is 6.04 Å². The molecule has 0 fully saturated rings. The molecule has 0 spiro atoms. The third-order valence-electron chi connectivity index (χ3n) is 2.84. The standard InChI is InChI=1S/C13H19N5O4/c14-11(6-10(18(20)21)7-17-13(15)16)12(19)22-8-9-4-2-1-3-5-9/h1-5,10-11H,6-8,14H2,(H4,15,16,17)/t10?,11-/m0/s1. The zero-order valence-corrected chi connectivity index (χ0v) is 11.9. The van der Waals surface area contributed by atoms with E-state index in [2.05, 4.69) is 4.99 Å².